The molecule has 0 saturated carbocycles. The van der Waals surface area contributed by atoms with Crippen LogP contribution >= 0.6 is 0 Å². The van der Waals surface area contributed by atoms with E-state index in [1.54, 1.807) is 48.8 Å². The topological polar surface area (TPSA) is 79.7 Å². The number of aromatic nitrogens is 1. The molecule has 162 valence electrons. The summed E-state index contributed by atoms with van der Waals surface area (Å²) in [5.41, 5.74) is 2.12. The number of ketones is 1. The number of ether oxygens (including phenoxy) is 1. The van der Waals surface area contributed by atoms with E-state index in [0.717, 1.165) is 12.0 Å². The lowest BCUT2D eigenvalue weighted by atomic mass is 9.96. The van der Waals surface area contributed by atoms with Gasteiger partial charge < -0.3 is 14.7 Å². The lowest BCUT2D eigenvalue weighted by molar-refractivity contribution is -0.140. The first-order valence-corrected chi connectivity index (χ1v) is 10.6. The number of hydrogen-bond acceptors (Lipinski definition) is 5. The summed E-state index contributed by atoms with van der Waals surface area (Å²) in [5, 5.41) is 11.1. The van der Waals surface area contributed by atoms with Gasteiger partial charge in [-0.05, 0) is 53.9 Å². The normalized spacial score (nSPS) is 17.5. The second-order valence-corrected chi connectivity index (χ2v) is 7.57. The van der Waals surface area contributed by atoms with Gasteiger partial charge in [0.05, 0.1) is 18.2 Å². The van der Waals surface area contributed by atoms with E-state index in [-0.39, 0.29) is 17.9 Å². The second-order valence-electron chi connectivity index (χ2n) is 7.57. The molecule has 1 unspecified atom stereocenters. The van der Waals surface area contributed by atoms with Crippen LogP contribution in [-0.4, -0.2) is 33.3 Å². The van der Waals surface area contributed by atoms with E-state index in [4.69, 9.17) is 4.74 Å². The highest BCUT2D eigenvalue weighted by atomic mass is 16.5. The molecular formula is C26H24N2O4. The number of carbonyl (C=O) groups excluding carboxylic acids is 2. The van der Waals surface area contributed by atoms with E-state index in [1.165, 1.54) is 4.90 Å². The van der Waals surface area contributed by atoms with E-state index >= 15 is 0 Å². The van der Waals surface area contributed by atoms with Crippen LogP contribution in [0, 0.1) is 0 Å². The molecule has 2 heterocycles. The molecule has 0 bridgehead atoms. The minimum atomic E-state index is -0.714. The minimum absolute atomic E-state index is 0.0688. The summed E-state index contributed by atoms with van der Waals surface area (Å²) < 4.78 is 5.59. The van der Waals surface area contributed by atoms with Gasteiger partial charge in [0, 0.05) is 24.5 Å². The van der Waals surface area contributed by atoms with Crippen molar-refractivity contribution in [1.82, 2.24) is 9.88 Å². The van der Waals surface area contributed by atoms with Crippen molar-refractivity contribution in [3.63, 3.8) is 0 Å². The molecule has 0 radical (unpaired) electrons. The van der Waals surface area contributed by atoms with Gasteiger partial charge in [-0.3, -0.25) is 14.6 Å². The highest BCUT2D eigenvalue weighted by molar-refractivity contribution is 6.46. The summed E-state index contributed by atoms with van der Waals surface area (Å²) >= 11 is 0. The number of amides is 1. The Hall–Kier alpha value is -3.93. The van der Waals surface area contributed by atoms with Crippen molar-refractivity contribution in [2.75, 3.05) is 6.61 Å². The number of nitrogens with zero attached hydrogens (tertiary/aromatic N) is 2. The molecule has 0 spiro atoms. The third kappa shape index (κ3) is 4.25. The Bertz CT molecular complexity index is 1130. The third-order valence-corrected chi connectivity index (χ3v) is 5.36. The molecule has 3 aromatic rings. The fraction of sp³-hybridized carbons (Fsp3) is 0.192. The maximum atomic E-state index is 13.1. The van der Waals surface area contributed by atoms with E-state index in [1.807, 2.05) is 37.3 Å². The van der Waals surface area contributed by atoms with Crippen molar-refractivity contribution in [2.24, 2.45) is 0 Å². The van der Waals surface area contributed by atoms with Gasteiger partial charge in [-0.15, -0.1) is 0 Å². The number of benzene rings is 2. The van der Waals surface area contributed by atoms with Crippen LogP contribution in [0.1, 0.15) is 36.1 Å². The van der Waals surface area contributed by atoms with Crippen molar-refractivity contribution in [3.05, 3.63) is 101 Å². The number of aliphatic hydroxyl groups is 1. The van der Waals surface area contributed by atoms with Crippen LogP contribution < -0.4 is 4.74 Å². The zero-order chi connectivity index (χ0) is 22.5. The molecule has 1 saturated heterocycles. The fourth-order valence-electron chi connectivity index (χ4n) is 3.80. The minimum Gasteiger partial charge on any atom is -0.507 e. The average molecular weight is 428 g/mol. The first kappa shape index (κ1) is 21.3. The second kappa shape index (κ2) is 9.47. The summed E-state index contributed by atoms with van der Waals surface area (Å²) in [6, 6.07) is 19.1. The van der Waals surface area contributed by atoms with E-state index < -0.39 is 17.7 Å². The standard InChI is InChI=1S/C26H24N2O4/c1-2-16-32-21-10-8-20(9-11-21)24(29)22-23(19-12-14-27-15-13-19)28(26(31)25(22)30)17-18-6-4-3-5-7-18/h3-15,23,29H,2,16-17H2,1H3/b24-22+. The molecule has 1 aromatic heterocycles. The molecule has 2 aromatic carbocycles. The van der Waals surface area contributed by atoms with Gasteiger partial charge in [0.25, 0.3) is 11.7 Å². The van der Waals surface area contributed by atoms with Gasteiger partial charge in [-0.25, -0.2) is 0 Å². The SMILES string of the molecule is CCCOc1ccc(/C(O)=C2\C(=O)C(=O)N(Cc3ccccc3)C2c2ccncc2)cc1. The molecular weight excluding hydrogens is 404 g/mol. The Kier molecular flexibility index (Phi) is 6.31. The number of carbonyl (C=O) groups is 2. The molecule has 1 aliphatic rings. The molecule has 1 aliphatic heterocycles. The van der Waals surface area contributed by atoms with Crippen molar-refractivity contribution >= 4 is 17.4 Å². The van der Waals surface area contributed by atoms with Gasteiger partial charge in [0.2, 0.25) is 0 Å². The number of aliphatic hydroxyl groups excluding tert-OH is 1. The number of Topliss-reactive ketones (excluding diaryl/α,β-unsaturated/α-hetero) is 1. The molecule has 32 heavy (non-hydrogen) atoms. The first-order valence-electron chi connectivity index (χ1n) is 10.6. The fourth-order valence-corrected chi connectivity index (χ4v) is 3.80. The molecule has 1 atom stereocenters. The van der Waals surface area contributed by atoms with Crippen LogP contribution in [0.2, 0.25) is 0 Å². The maximum Gasteiger partial charge on any atom is 0.295 e. The van der Waals surface area contributed by atoms with Gasteiger partial charge in [-0.1, -0.05) is 37.3 Å². The Morgan fingerprint density at radius 3 is 2.34 bits per heavy atom. The summed E-state index contributed by atoms with van der Waals surface area (Å²) in [6.07, 6.45) is 4.11. The number of rotatable bonds is 7. The molecule has 0 aliphatic carbocycles. The van der Waals surface area contributed by atoms with Gasteiger partial charge in [0.1, 0.15) is 11.5 Å². The Balaban J connectivity index is 1.76. The zero-order valence-corrected chi connectivity index (χ0v) is 17.8. The van der Waals surface area contributed by atoms with Crippen molar-refractivity contribution in [3.8, 4) is 5.75 Å². The molecule has 1 amide bonds. The van der Waals surface area contributed by atoms with Crippen molar-refractivity contribution < 1.29 is 19.4 Å². The Labute approximate surface area is 186 Å². The molecule has 6 nitrogen and oxygen atoms in total. The quantitative estimate of drug-likeness (QED) is 0.341. The lowest BCUT2D eigenvalue weighted by Gasteiger charge is -2.25. The largest absolute Gasteiger partial charge is 0.507 e. The Morgan fingerprint density at radius 1 is 1.00 bits per heavy atom. The zero-order valence-electron chi connectivity index (χ0n) is 17.8. The monoisotopic (exact) mass is 428 g/mol. The van der Waals surface area contributed by atoms with Crippen molar-refractivity contribution in [1.29, 1.82) is 0 Å². The average Bonchev–Trinajstić information content (AvgIpc) is 3.09. The van der Waals surface area contributed by atoms with Crippen LogP contribution in [0.3, 0.4) is 0 Å². The number of hydrogen-bond donors (Lipinski definition) is 1. The van der Waals surface area contributed by atoms with Crippen LogP contribution in [0.25, 0.3) is 5.76 Å². The van der Waals surface area contributed by atoms with Crippen molar-refractivity contribution in [2.45, 2.75) is 25.9 Å². The third-order valence-electron chi connectivity index (χ3n) is 5.36. The predicted octanol–water partition coefficient (Wildman–Crippen LogP) is 4.49. The number of likely N-dealkylation sites (tertiary alicyclic amines) is 1. The first-order chi connectivity index (χ1) is 15.6. The highest BCUT2D eigenvalue weighted by Gasteiger charge is 2.46. The van der Waals surface area contributed by atoms with Crippen LogP contribution in [0.4, 0.5) is 0 Å². The van der Waals surface area contributed by atoms with E-state index in [0.29, 0.717) is 23.5 Å². The number of pyridine rings is 1. The van der Waals surface area contributed by atoms with Crippen LogP contribution in [-0.2, 0) is 16.1 Å². The van der Waals surface area contributed by atoms with E-state index in [2.05, 4.69) is 4.98 Å². The molecule has 1 fully saturated rings. The molecule has 1 N–H and O–H groups in total. The highest BCUT2D eigenvalue weighted by Crippen LogP contribution is 2.40. The smallest absolute Gasteiger partial charge is 0.295 e. The van der Waals surface area contributed by atoms with Gasteiger partial charge >= 0.3 is 0 Å². The summed E-state index contributed by atoms with van der Waals surface area (Å²) in [6.45, 7) is 2.87. The van der Waals surface area contributed by atoms with Crippen LogP contribution in [0.5, 0.6) is 5.75 Å². The van der Waals surface area contributed by atoms with Gasteiger partial charge in [-0.2, -0.15) is 0 Å². The molecule has 6 heteroatoms. The van der Waals surface area contributed by atoms with Crippen LogP contribution in [0.15, 0.2) is 84.7 Å². The van der Waals surface area contributed by atoms with Gasteiger partial charge in [0.15, 0.2) is 0 Å². The summed E-state index contributed by atoms with van der Waals surface area (Å²) in [4.78, 5) is 31.6. The predicted molar refractivity (Wildman–Crippen MR) is 121 cm³/mol. The summed E-state index contributed by atoms with van der Waals surface area (Å²) in [7, 11) is 0. The maximum absolute atomic E-state index is 13.1. The Morgan fingerprint density at radius 2 is 1.69 bits per heavy atom. The summed E-state index contributed by atoms with van der Waals surface area (Å²) in [5.74, 6) is -0.868. The van der Waals surface area contributed by atoms with E-state index in [9.17, 15) is 14.7 Å². The lowest BCUT2D eigenvalue weighted by Crippen LogP contribution is -2.29. The molecule has 4 rings (SSSR count).